The lowest BCUT2D eigenvalue weighted by atomic mass is 10.0. The second-order valence-electron chi connectivity index (χ2n) is 6.23. The molecule has 0 aromatic rings. The Balaban J connectivity index is 1.47. The Morgan fingerprint density at radius 1 is 1.11 bits per heavy atom. The number of carbonyl (C=O) groups excluding carboxylic acids is 1. The van der Waals surface area contributed by atoms with Gasteiger partial charge >= 0.3 is 0 Å². The molecule has 1 amide bonds. The van der Waals surface area contributed by atoms with Crippen LogP contribution in [0.15, 0.2) is 0 Å². The van der Waals surface area contributed by atoms with E-state index in [1.807, 2.05) is 4.90 Å². The number of carbonyl (C=O) groups is 1. The van der Waals surface area contributed by atoms with Gasteiger partial charge in [-0.05, 0) is 31.6 Å². The van der Waals surface area contributed by atoms with E-state index >= 15 is 0 Å². The summed E-state index contributed by atoms with van der Waals surface area (Å²) in [6, 6.07) is 0. The van der Waals surface area contributed by atoms with Crippen LogP contribution in [0.3, 0.4) is 0 Å². The lowest BCUT2D eigenvalue weighted by molar-refractivity contribution is -0.129. The highest BCUT2D eigenvalue weighted by molar-refractivity contribution is 5.80. The van der Waals surface area contributed by atoms with E-state index in [2.05, 4.69) is 5.32 Å². The van der Waals surface area contributed by atoms with Crippen molar-refractivity contribution < 1.29 is 9.53 Å². The summed E-state index contributed by atoms with van der Waals surface area (Å²) in [6.45, 7) is 2.00. The maximum Gasteiger partial charge on any atom is 0.237 e. The SMILES string of the molecule is O=C1CNC(C2CCCC2)N1CCOC1CCCC1. The van der Waals surface area contributed by atoms with E-state index in [1.165, 1.54) is 51.4 Å². The van der Waals surface area contributed by atoms with E-state index in [9.17, 15) is 4.79 Å². The molecule has 2 aliphatic carbocycles. The maximum atomic E-state index is 12.0. The third kappa shape index (κ3) is 3.11. The molecule has 1 heterocycles. The first-order valence-corrected chi connectivity index (χ1v) is 7.99. The molecule has 3 fully saturated rings. The molecule has 1 N–H and O–H groups in total. The molecular weight excluding hydrogens is 240 g/mol. The highest BCUT2D eigenvalue weighted by atomic mass is 16.5. The number of nitrogens with zero attached hydrogens (tertiary/aromatic N) is 1. The van der Waals surface area contributed by atoms with Crippen LogP contribution < -0.4 is 5.32 Å². The lowest BCUT2D eigenvalue weighted by Gasteiger charge is -2.29. The van der Waals surface area contributed by atoms with Gasteiger partial charge in [-0.15, -0.1) is 0 Å². The van der Waals surface area contributed by atoms with Crippen molar-refractivity contribution in [3.63, 3.8) is 0 Å². The monoisotopic (exact) mass is 266 g/mol. The number of ether oxygens (including phenoxy) is 1. The van der Waals surface area contributed by atoms with E-state index in [1.54, 1.807) is 0 Å². The van der Waals surface area contributed by atoms with Gasteiger partial charge in [0.25, 0.3) is 0 Å². The fraction of sp³-hybridized carbons (Fsp3) is 0.933. The normalized spacial score (nSPS) is 29.8. The zero-order valence-corrected chi connectivity index (χ0v) is 11.8. The van der Waals surface area contributed by atoms with Crippen molar-refractivity contribution in [2.75, 3.05) is 19.7 Å². The Bertz CT molecular complexity index is 309. The maximum absolute atomic E-state index is 12.0. The molecule has 3 aliphatic rings. The Labute approximate surface area is 115 Å². The summed E-state index contributed by atoms with van der Waals surface area (Å²) in [4.78, 5) is 14.0. The van der Waals surface area contributed by atoms with Crippen molar-refractivity contribution >= 4 is 5.91 Å². The number of amides is 1. The second-order valence-corrected chi connectivity index (χ2v) is 6.23. The van der Waals surface area contributed by atoms with E-state index in [-0.39, 0.29) is 12.1 Å². The first-order chi connectivity index (χ1) is 9.34. The van der Waals surface area contributed by atoms with Crippen LogP contribution in [0.5, 0.6) is 0 Å². The first-order valence-electron chi connectivity index (χ1n) is 7.99. The molecule has 0 spiro atoms. The van der Waals surface area contributed by atoms with Crippen LogP contribution in [0.25, 0.3) is 0 Å². The summed E-state index contributed by atoms with van der Waals surface area (Å²) in [7, 11) is 0. The quantitative estimate of drug-likeness (QED) is 0.826. The van der Waals surface area contributed by atoms with Crippen LogP contribution in [0.4, 0.5) is 0 Å². The van der Waals surface area contributed by atoms with E-state index in [4.69, 9.17) is 4.74 Å². The van der Waals surface area contributed by atoms with Gasteiger partial charge in [-0.2, -0.15) is 0 Å². The molecule has 0 bridgehead atoms. The minimum Gasteiger partial charge on any atom is -0.376 e. The second kappa shape index (κ2) is 6.23. The van der Waals surface area contributed by atoms with Crippen molar-refractivity contribution in [3.8, 4) is 0 Å². The molecule has 4 heteroatoms. The van der Waals surface area contributed by atoms with Crippen LogP contribution in [-0.4, -0.2) is 42.8 Å². The minimum absolute atomic E-state index is 0.256. The van der Waals surface area contributed by atoms with Gasteiger partial charge in [0.2, 0.25) is 5.91 Å². The molecule has 0 aromatic heterocycles. The molecule has 2 saturated carbocycles. The van der Waals surface area contributed by atoms with E-state index in [0.717, 1.165) is 6.54 Å². The van der Waals surface area contributed by atoms with E-state index < -0.39 is 0 Å². The number of hydrogen-bond donors (Lipinski definition) is 1. The third-order valence-corrected chi connectivity index (χ3v) is 4.95. The lowest BCUT2D eigenvalue weighted by Crippen LogP contribution is -2.44. The topological polar surface area (TPSA) is 41.6 Å². The Morgan fingerprint density at radius 3 is 2.53 bits per heavy atom. The van der Waals surface area contributed by atoms with Crippen LogP contribution in [0, 0.1) is 5.92 Å². The average molecular weight is 266 g/mol. The fourth-order valence-corrected chi connectivity index (χ4v) is 3.89. The summed E-state index contributed by atoms with van der Waals surface area (Å²) in [5.74, 6) is 0.921. The Hall–Kier alpha value is -0.610. The highest BCUT2D eigenvalue weighted by Gasteiger charge is 2.36. The standard InChI is InChI=1S/C15H26N2O2/c18-14-11-16-15(12-5-1-2-6-12)17(14)9-10-19-13-7-3-4-8-13/h12-13,15-16H,1-11H2. The molecule has 3 rings (SSSR count). The molecule has 1 atom stereocenters. The summed E-state index contributed by atoms with van der Waals surface area (Å²) >= 11 is 0. The van der Waals surface area contributed by atoms with Crippen LogP contribution in [0.2, 0.25) is 0 Å². The van der Waals surface area contributed by atoms with Crippen LogP contribution in [0.1, 0.15) is 51.4 Å². The first kappa shape index (κ1) is 13.4. The summed E-state index contributed by atoms with van der Waals surface area (Å²) in [5, 5.41) is 3.40. The smallest absolute Gasteiger partial charge is 0.237 e. The van der Waals surface area contributed by atoms with E-state index in [0.29, 0.717) is 25.2 Å². The Morgan fingerprint density at radius 2 is 1.79 bits per heavy atom. The summed E-state index contributed by atoms with van der Waals surface area (Å²) < 4.78 is 5.90. The fourth-order valence-electron chi connectivity index (χ4n) is 3.89. The van der Waals surface area contributed by atoms with Gasteiger partial charge in [-0.1, -0.05) is 25.7 Å². The summed E-state index contributed by atoms with van der Waals surface area (Å²) in [5.41, 5.74) is 0. The van der Waals surface area contributed by atoms with Crippen molar-refractivity contribution in [2.45, 2.75) is 63.6 Å². The zero-order valence-electron chi connectivity index (χ0n) is 11.8. The summed E-state index contributed by atoms with van der Waals surface area (Å²) in [6.07, 6.45) is 10.9. The number of rotatable bonds is 5. The predicted octanol–water partition coefficient (Wildman–Crippen LogP) is 1.89. The van der Waals surface area contributed by atoms with Gasteiger partial charge < -0.3 is 9.64 Å². The number of nitrogens with one attached hydrogen (secondary N) is 1. The molecule has 0 radical (unpaired) electrons. The molecular formula is C15H26N2O2. The average Bonchev–Trinajstić information content (AvgIpc) is 3.12. The van der Waals surface area contributed by atoms with Gasteiger partial charge in [-0.25, -0.2) is 0 Å². The third-order valence-electron chi connectivity index (χ3n) is 4.95. The molecule has 108 valence electrons. The van der Waals surface area contributed by atoms with Gasteiger partial charge in [0.05, 0.1) is 25.4 Å². The Kier molecular flexibility index (Phi) is 4.38. The highest BCUT2D eigenvalue weighted by Crippen LogP contribution is 2.30. The molecule has 1 saturated heterocycles. The van der Waals surface area contributed by atoms with Crippen molar-refractivity contribution in [1.82, 2.24) is 10.2 Å². The number of hydrogen-bond acceptors (Lipinski definition) is 3. The molecule has 1 unspecified atom stereocenters. The molecule has 1 aliphatic heterocycles. The van der Waals surface area contributed by atoms with Crippen molar-refractivity contribution in [2.24, 2.45) is 5.92 Å². The molecule has 19 heavy (non-hydrogen) atoms. The van der Waals surface area contributed by atoms with Crippen LogP contribution in [-0.2, 0) is 9.53 Å². The minimum atomic E-state index is 0.256. The van der Waals surface area contributed by atoms with Crippen molar-refractivity contribution in [1.29, 1.82) is 0 Å². The van der Waals surface area contributed by atoms with Gasteiger partial charge in [0, 0.05) is 6.54 Å². The van der Waals surface area contributed by atoms with Gasteiger partial charge in [0.1, 0.15) is 0 Å². The van der Waals surface area contributed by atoms with Gasteiger partial charge in [0.15, 0.2) is 0 Å². The molecule has 0 aromatic carbocycles. The largest absolute Gasteiger partial charge is 0.376 e. The molecule has 4 nitrogen and oxygen atoms in total. The zero-order chi connectivity index (χ0) is 13.1. The van der Waals surface area contributed by atoms with Crippen molar-refractivity contribution in [3.05, 3.63) is 0 Å². The van der Waals surface area contributed by atoms with Crippen LogP contribution >= 0.6 is 0 Å². The predicted molar refractivity (Wildman–Crippen MR) is 73.7 cm³/mol. The van der Waals surface area contributed by atoms with Gasteiger partial charge in [-0.3, -0.25) is 10.1 Å².